The smallest absolute Gasteiger partial charge is 0.367 e. The SMILES string of the molecule is C[C@H](Nc1cc(Cl)nc(C2CC2)n1)C1CCN(CC(F)(F)F)CC1. The molecular weight excluding hydrogens is 341 g/mol. The average Bonchev–Trinajstić information content (AvgIpc) is 3.30. The Morgan fingerprint density at radius 2 is 1.92 bits per heavy atom. The van der Waals surface area contributed by atoms with Crippen LogP contribution < -0.4 is 5.32 Å². The van der Waals surface area contributed by atoms with E-state index in [2.05, 4.69) is 22.2 Å². The van der Waals surface area contributed by atoms with Crippen LogP contribution in [0.25, 0.3) is 0 Å². The Bertz CT molecular complexity index is 569. The van der Waals surface area contributed by atoms with Crippen molar-refractivity contribution in [3.05, 3.63) is 17.0 Å². The van der Waals surface area contributed by atoms with E-state index in [0.29, 0.717) is 35.9 Å². The lowest BCUT2D eigenvalue weighted by molar-refractivity contribution is -0.148. The van der Waals surface area contributed by atoms with Gasteiger partial charge in [0, 0.05) is 18.0 Å². The van der Waals surface area contributed by atoms with Crippen molar-refractivity contribution in [3.8, 4) is 0 Å². The van der Waals surface area contributed by atoms with Gasteiger partial charge in [0.05, 0.1) is 6.54 Å². The molecule has 2 fully saturated rings. The molecule has 134 valence electrons. The number of alkyl halides is 3. The average molecular weight is 363 g/mol. The molecule has 3 rings (SSSR count). The minimum atomic E-state index is -4.12. The molecule has 1 aliphatic carbocycles. The summed E-state index contributed by atoms with van der Waals surface area (Å²) in [6, 6.07) is 1.85. The molecule has 0 amide bonds. The van der Waals surface area contributed by atoms with Gasteiger partial charge in [-0.15, -0.1) is 0 Å². The number of hydrogen-bond acceptors (Lipinski definition) is 4. The van der Waals surface area contributed by atoms with Crippen molar-refractivity contribution >= 4 is 17.4 Å². The quantitative estimate of drug-likeness (QED) is 0.801. The zero-order chi connectivity index (χ0) is 17.3. The number of anilines is 1. The van der Waals surface area contributed by atoms with E-state index >= 15 is 0 Å². The summed E-state index contributed by atoms with van der Waals surface area (Å²) in [5.74, 6) is 2.25. The summed E-state index contributed by atoms with van der Waals surface area (Å²) >= 11 is 6.07. The van der Waals surface area contributed by atoms with Crippen LogP contribution in [-0.4, -0.2) is 46.7 Å². The predicted molar refractivity (Wildman–Crippen MR) is 87.3 cm³/mol. The second kappa shape index (κ2) is 7.04. The third kappa shape index (κ3) is 4.96. The van der Waals surface area contributed by atoms with Crippen LogP contribution in [0.1, 0.15) is 44.3 Å². The molecule has 1 aliphatic heterocycles. The fourth-order valence-corrected chi connectivity index (χ4v) is 3.44. The van der Waals surface area contributed by atoms with Crippen LogP contribution in [0.2, 0.25) is 5.15 Å². The van der Waals surface area contributed by atoms with Crippen LogP contribution in [0, 0.1) is 5.92 Å². The fraction of sp³-hybridized carbons (Fsp3) is 0.750. The fourth-order valence-electron chi connectivity index (χ4n) is 3.25. The van der Waals surface area contributed by atoms with Crippen molar-refractivity contribution in [2.75, 3.05) is 25.0 Å². The van der Waals surface area contributed by atoms with E-state index < -0.39 is 12.7 Å². The maximum Gasteiger partial charge on any atom is 0.401 e. The van der Waals surface area contributed by atoms with Crippen LogP contribution >= 0.6 is 11.6 Å². The number of piperidine rings is 1. The molecule has 0 aromatic carbocycles. The first kappa shape index (κ1) is 17.7. The van der Waals surface area contributed by atoms with Crippen LogP contribution in [0.5, 0.6) is 0 Å². The van der Waals surface area contributed by atoms with E-state index in [1.807, 2.05) is 0 Å². The summed E-state index contributed by atoms with van der Waals surface area (Å²) < 4.78 is 37.3. The highest BCUT2D eigenvalue weighted by atomic mass is 35.5. The van der Waals surface area contributed by atoms with Gasteiger partial charge < -0.3 is 5.32 Å². The number of likely N-dealkylation sites (tertiary alicyclic amines) is 1. The van der Waals surface area contributed by atoms with Crippen molar-refractivity contribution < 1.29 is 13.2 Å². The minimum Gasteiger partial charge on any atom is -0.367 e. The van der Waals surface area contributed by atoms with Gasteiger partial charge in [-0.25, -0.2) is 9.97 Å². The summed E-state index contributed by atoms with van der Waals surface area (Å²) in [6.07, 6.45) is -0.412. The summed E-state index contributed by atoms with van der Waals surface area (Å²) in [4.78, 5) is 10.3. The maximum absolute atomic E-state index is 12.4. The summed E-state index contributed by atoms with van der Waals surface area (Å²) in [5.41, 5.74) is 0. The van der Waals surface area contributed by atoms with Crippen LogP contribution in [-0.2, 0) is 0 Å². The van der Waals surface area contributed by atoms with Crippen LogP contribution in [0.15, 0.2) is 6.07 Å². The van der Waals surface area contributed by atoms with Gasteiger partial charge >= 0.3 is 6.18 Å². The van der Waals surface area contributed by atoms with E-state index in [9.17, 15) is 13.2 Å². The molecule has 0 spiro atoms. The van der Waals surface area contributed by atoms with Crippen molar-refractivity contribution in [3.63, 3.8) is 0 Å². The number of nitrogens with zero attached hydrogens (tertiary/aromatic N) is 3. The predicted octanol–water partition coefficient (Wildman–Crippen LogP) is 4.08. The molecule has 1 aromatic rings. The Balaban J connectivity index is 1.53. The van der Waals surface area contributed by atoms with E-state index in [-0.39, 0.29) is 6.04 Å². The first-order valence-corrected chi connectivity index (χ1v) is 8.78. The first-order valence-electron chi connectivity index (χ1n) is 8.40. The zero-order valence-electron chi connectivity index (χ0n) is 13.6. The minimum absolute atomic E-state index is 0.135. The Morgan fingerprint density at radius 3 is 2.50 bits per heavy atom. The molecule has 0 bridgehead atoms. The van der Waals surface area contributed by atoms with Crippen LogP contribution in [0.4, 0.5) is 19.0 Å². The zero-order valence-corrected chi connectivity index (χ0v) is 14.4. The van der Waals surface area contributed by atoms with Crippen molar-refractivity contribution in [1.29, 1.82) is 0 Å². The van der Waals surface area contributed by atoms with Gasteiger partial charge in [0.1, 0.15) is 16.8 Å². The number of hydrogen-bond donors (Lipinski definition) is 1. The highest BCUT2D eigenvalue weighted by Gasteiger charge is 2.33. The molecule has 1 saturated carbocycles. The lowest BCUT2D eigenvalue weighted by Gasteiger charge is -2.35. The second-order valence-electron chi connectivity index (χ2n) is 6.87. The molecule has 2 aliphatic rings. The molecule has 0 radical (unpaired) electrons. The van der Waals surface area contributed by atoms with Crippen molar-refractivity contribution in [2.24, 2.45) is 5.92 Å². The first-order chi connectivity index (χ1) is 11.3. The normalized spacial score (nSPS) is 21.7. The molecule has 0 unspecified atom stereocenters. The van der Waals surface area contributed by atoms with Gasteiger partial charge in [0.25, 0.3) is 0 Å². The molecule has 1 aromatic heterocycles. The number of aromatic nitrogens is 2. The third-order valence-corrected chi connectivity index (χ3v) is 4.97. The van der Waals surface area contributed by atoms with E-state index in [4.69, 9.17) is 11.6 Å². The van der Waals surface area contributed by atoms with E-state index in [1.165, 1.54) is 4.90 Å². The molecule has 1 atom stereocenters. The van der Waals surface area contributed by atoms with Gasteiger partial charge in [-0.1, -0.05) is 11.6 Å². The van der Waals surface area contributed by atoms with Gasteiger partial charge in [-0.2, -0.15) is 13.2 Å². The summed E-state index contributed by atoms with van der Waals surface area (Å²) in [6.45, 7) is 2.20. The number of halogens is 4. The van der Waals surface area contributed by atoms with Gasteiger partial charge in [-0.3, -0.25) is 4.90 Å². The van der Waals surface area contributed by atoms with E-state index in [1.54, 1.807) is 6.07 Å². The van der Waals surface area contributed by atoms with Crippen molar-refractivity contribution in [1.82, 2.24) is 14.9 Å². The highest BCUT2D eigenvalue weighted by Crippen LogP contribution is 2.39. The molecule has 8 heteroatoms. The molecular formula is C16H22ClF3N4. The van der Waals surface area contributed by atoms with Gasteiger partial charge in [0.15, 0.2) is 0 Å². The molecule has 1 N–H and O–H groups in total. The molecule has 4 nitrogen and oxygen atoms in total. The molecule has 1 saturated heterocycles. The second-order valence-corrected chi connectivity index (χ2v) is 7.26. The third-order valence-electron chi connectivity index (χ3n) is 4.77. The summed E-state index contributed by atoms with van der Waals surface area (Å²) in [5, 5.41) is 3.79. The lowest BCUT2D eigenvalue weighted by atomic mass is 9.90. The number of rotatable bonds is 5. The lowest BCUT2D eigenvalue weighted by Crippen LogP contribution is -2.43. The Labute approximate surface area is 144 Å². The van der Waals surface area contributed by atoms with Crippen LogP contribution in [0.3, 0.4) is 0 Å². The maximum atomic E-state index is 12.4. The summed E-state index contributed by atoms with van der Waals surface area (Å²) in [7, 11) is 0. The standard InChI is InChI=1S/C16H22ClF3N4/c1-10(11-4-6-24(7-5-11)9-16(18,19)20)21-14-8-13(17)22-15(23-14)12-2-3-12/h8,10-12H,2-7,9H2,1H3,(H,21,22,23)/t10-/m0/s1. The molecule has 24 heavy (non-hydrogen) atoms. The Morgan fingerprint density at radius 1 is 1.25 bits per heavy atom. The Hall–Kier alpha value is -1.08. The topological polar surface area (TPSA) is 41.1 Å². The van der Waals surface area contributed by atoms with Crippen molar-refractivity contribution in [2.45, 2.75) is 50.7 Å². The van der Waals surface area contributed by atoms with Gasteiger partial charge in [-0.05, 0) is 51.6 Å². The molecule has 2 heterocycles. The highest BCUT2D eigenvalue weighted by molar-refractivity contribution is 6.29. The largest absolute Gasteiger partial charge is 0.401 e. The van der Waals surface area contributed by atoms with E-state index in [0.717, 1.165) is 31.5 Å². The number of nitrogens with one attached hydrogen (secondary N) is 1. The monoisotopic (exact) mass is 362 g/mol. The Kier molecular flexibility index (Phi) is 5.20. The van der Waals surface area contributed by atoms with Gasteiger partial charge in [0.2, 0.25) is 0 Å².